The highest BCUT2D eigenvalue weighted by Crippen LogP contribution is 2.25. The van der Waals surface area contributed by atoms with Gasteiger partial charge in [0.05, 0.1) is 18.6 Å². The van der Waals surface area contributed by atoms with Crippen molar-refractivity contribution in [2.45, 2.75) is 13.3 Å². The Morgan fingerprint density at radius 3 is 2.94 bits per heavy atom. The lowest BCUT2D eigenvalue weighted by molar-refractivity contribution is -0.113. The molecule has 0 aromatic heterocycles. The number of methoxy groups -OCH3 is 1. The molecule has 0 heterocycles. The van der Waals surface area contributed by atoms with Gasteiger partial charge in [-0.2, -0.15) is 11.8 Å². The zero-order valence-corrected chi connectivity index (χ0v) is 11.5. The number of anilines is 1. The van der Waals surface area contributed by atoms with Crippen LogP contribution in [-0.4, -0.2) is 36.2 Å². The summed E-state index contributed by atoms with van der Waals surface area (Å²) in [5.41, 5.74) is 1.77. The molecule has 0 aliphatic heterocycles. The van der Waals surface area contributed by atoms with Crippen molar-refractivity contribution in [1.82, 2.24) is 0 Å². The molecule has 1 aromatic rings. The molecule has 4 nitrogen and oxygen atoms in total. The monoisotopic (exact) mass is 269 g/mol. The molecule has 1 aromatic carbocycles. The van der Waals surface area contributed by atoms with E-state index in [9.17, 15) is 4.79 Å². The highest BCUT2D eigenvalue weighted by molar-refractivity contribution is 7.99. The molecule has 2 N–H and O–H groups in total. The van der Waals surface area contributed by atoms with Crippen LogP contribution in [0.15, 0.2) is 18.2 Å². The number of aliphatic hydroxyl groups is 1. The predicted octanol–water partition coefficient (Wildman–Crippen LogP) is 2.06. The van der Waals surface area contributed by atoms with E-state index >= 15 is 0 Å². The number of ether oxygens (including phenoxy) is 1. The third-order valence-electron chi connectivity index (χ3n) is 2.31. The molecule has 100 valence electrons. The fraction of sp³-hybridized carbons (Fsp3) is 0.462. The Labute approximate surface area is 112 Å². The van der Waals surface area contributed by atoms with E-state index in [1.165, 1.54) is 11.8 Å². The van der Waals surface area contributed by atoms with Crippen LogP contribution in [0.5, 0.6) is 5.75 Å². The molecule has 1 amide bonds. The van der Waals surface area contributed by atoms with Gasteiger partial charge in [0, 0.05) is 6.61 Å². The first-order valence-corrected chi connectivity index (χ1v) is 6.96. The van der Waals surface area contributed by atoms with Gasteiger partial charge in [-0.05, 0) is 36.8 Å². The Balaban J connectivity index is 2.50. The summed E-state index contributed by atoms with van der Waals surface area (Å²) in [6, 6.07) is 5.66. The lowest BCUT2D eigenvalue weighted by atomic mass is 10.2. The first-order valence-electron chi connectivity index (χ1n) is 5.80. The quantitative estimate of drug-likeness (QED) is 0.744. The smallest absolute Gasteiger partial charge is 0.234 e. The molecule has 0 saturated carbocycles. The zero-order valence-electron chi connectivity index (χ0n) is 10.7. The van der Waals surface area contributed by atoms with Crippen molar-refractivity contribution in [3.05, 3.63) is 23.8 Å². The van der Waals surface area contributed by atoms with E-state index in [0.29, 0.717) is 23.6 Å². The Morgan fingerprint density at radius 1 is 1.50 bits per heavy atom. The van der Waals surface area contributed by atoms with Gasteiger partial charge in [-0.25, -0.2) is 0 Å². The lowest BCUT2D eigenvalue weighted by Gasteiger charge is -2.10. The van der Waals surface area contributed by atoms with Crippen molar-refractivity contribution in [2.75, 3.05) is 30.5 Å². The number of nitrogens with one attached hydrogen (secondary N) is 1. The van der Waals surface area contributed by atoms with E-state index in [1.807, 2.05) is 25.1 Å². The minimum Gasteiger partial charge on any atom is -0.495 e. The van der Waals surface area contributed by atoms with Crippen LogP contribution in [0.3, 0.4) is 0 Å². The van der Waals surface area contributed by atoms with Gasteiger partial charge in [-0.15, -0.1) is 0 Å². The van der Waals surface area contributed by atoms with Gasteiger partial charge in [-0.3, -0.25) is 4.79 Å². The van der Waals surface area contributed by atoms with Gasteiger partial charge in [0.25, 0.3) is 0 Å². The summed E-state index contributed by atoms with van der Waals surface area (Å²) in [5.74, 6) is 1.78. The predicted molar refractivity (Wildman–Crippen MR) is 75.4 cm³/mol. The van der Waals surface area contributed by atoms with Crippen LogP contribution >= 0.6 is 11.8 Å². The summed E-state index contributed by atoms with van der Waals surface area (Å²) in [6.07, 6.45) is 0.714. The third-order valence-corrected chi connectivity index (χ3v) is 3.35. The second-order valence-corrected chi connectivity index (χ2v) is 4.99. The number of hydrogen-bond donors (Lipinski definition) is 2. The fourth-order valence-electron chi connectivity index (χ4n) is 1.44. The molecule has 18 heavy (non-hydrogen) atoms. The van der Waals surface area contributed by atoms with Crippen LogP contribution < -0.4 is 10.1 Å². The van der Waals surface area contributed by atoms with Gasteiger partial charge >= 0.3 is 0 Å². The van der Waals surface area contributed by atoms with Gasteiger partial charge in [0.1, 0.15) is 5.75 Å². The molecule has 0 aliphatic rings. The average molecular weight is 269 g/mol. The number of benzene rings is 1. The molecular formula is C13H19NO3S. The van der Waals surface area contributed by atoms with Crippen molar-refractivity contribution in [3.63, 3.8) is 0 Å². The molecular weight excluding hydrogens is 250 g/mol. The standard InChI is InChI=1S/C13H19NO3S/c1-10-4-5-12(17-2)11(8-10)14-13(16)9-18-7-3-6-15/h4-5,8,15H,3,6-7,9H2,1-2H3,(H,14,16). The second kappa shape index (κ2) is 8.00. The van der Waals surface area contributed by atoms with E-state index in [-0.39, 0.29) is 12.5 Å². The maximum Gasteiger partial charge on any atom is 0.234 e. The van der Waals surface area contributed by atoms with Gasteiger partial charge in [0.2, 0.25) is 5.91 Å². The SMILES string of the molecule is COc1ccc(C)cc1NC(=O)CSCCCO. The number of aryl methyl sites for hydroxylation is 1. The minimum absolute atomic E-state index is 0.0539. The fourth-order valence-corrected chi connectivity index (χ4v) is 2.17. The summed E-state index contributed by atoms with van der Waals surface area (Å²) in [4.78, 5) is 11.7. The normalized spacial score (nSPS) is 10.2. The molecule has 0 unspecified atom stereocenters. The largest absolute Gasteiger partial charge is 0.495 e. The Hall–Kier alpha value is -1.20. The van der Waals surface area contributed by atoms with Crippen LogP contribution in [0.1, 0.15) is 12.0 Å². The summed E-state index contributed by atoms with van der Waals surface area (Å²) >= 11 is 1.51. The number of aliphatic hydroxyl groups excluding tert-OH is 1. The highest BCUT2D eigenvalue weighted by atomic mass is 32.2. The van der Waals surface area contributed by atoms with Crippen LogP contribution in [0.25, 0.3) is 0 Å². The Bertz CT molecular complexity index is 396. The molecule has 5 heteroatoms. The minimum atomic E-state index is -0.0539. The van der Waals surface area contributed by atoms with E-state index in [0.717, 1.165) is 11.3 Å². The van der Waals surface area contributed by atoms with Crippen molar-refractivity contribution < 1.29 is 14.6 Å². The van der Waals surface area contributed by atoms with Crippen LogP contribution in [0.4, 0.5) is 5.69 Å². The summed E-state index contributed by atoms with van der Waals surface area (Å²) < 4.78 is 5.19. The number of amides is 1. The number of hydrogen-bond acceptors (Lipinski definition) is 4. The maximum atomic E-state index is 11.7. The van der Waals surface area contributed by atoms with Crippen molar-refractivity contribution >= 4 is 23.4 Å². The van der Waals surface area contributed by atoms with Crippen molar-refractivity contribution in [2.24, 2.45) is 0 Å². The van der Waals surface area contributed by atoms with Crippen LogP contribution in [0, 0.1) is 6.92 Å². The third kappa shape index (κ3) is 4.98. The molecule has 0 bridgehead atoms. The molecule has 0 saturated heterocycles. The van der Waals surface area contributed by atoms with Crippen molar-refractivity contribution in [1.29, 1.82) is 0 Å². The van der Waals surface area contributed by atoms with Crippen LogP contribution in [0.2, 0.25) is 0 Å². The number of carbonyl (C=O) groups excluding carboxylic acids is 1. The number of carbonyl (C=O) groups is 1. The molecule has 1 rings (SSSR count). The topological polar surface area (TPSA) is 58.6 Å². The molecule has 0 radical (unpaired) electrons. The highest BCUT2D eigenvalue weighted by Gasteiger charge is 2.07. The summed E-state index contributed by atoms with van der Waals surface area (Å²) in [6.45, 7) is 2.13. The Kier molecular flexibility index (Phi) is 6.60. The molecule has 0 aliphatic carbocycles. The maximum absolute atomic E-state index is 11.7. The average Bonchev–Trinajstić information content (AvgIpc) is 2.35. The van der Waals surface area contributed by atoms with E-state index < -0.39 is 0 Å². The first kappa shape index (κ1) is 14.9. The second-order valence-electron chi connectivity index (χ2n) is 3.88. The lowest BCUT2D eigenvalue weighted by Crippen LogP contribution is -2.15. The van der Waals surface area contributed by atoms with Gasteiger partial charge in [0.15, 0.2) is 0 Å². The molecule has 0 atom stereocenters. The Morgan fingerprint density at radius 2 is 2.28 bits per heavy atom. The summed E-state index contributed by atoms with van der Waals surface area (Å²) in [5, 5.41) is 11.5. The van der Waals surface area contributed by atoms with E-state index in [2.05, 4.69) is 5.32 Å². The van der Waals surface area contributed by atoms with Gasteiger partial charge in [-0.1, -0.05) is 6.07 Å². The molecule has 0 fully saturated rings. The zero-order chi connectivity index (χ0) is 13.4. The summed E-state index contributed by atoms with van der Waals surface area (Å²) in [7, 11) is 1.58. The van der Waals surface area contributed by atoms with Crippen LogP contribution in [-0.2, 0) is 4.79 Å². The number of rotatable bonds is 7. The first-order chi connectivity index (χ1) is 8.67. The van der Waals surface area contributed by atoms with E-state index in [1.54, 1.807) is 7.11 Å². The number of thioether (sulfide) groups is 1. The van der Waals surface area contributed by atoms with E-state index in [4.69, 9.17) is 9.84 Å². The van der Waals surface area contributed by atoms with Gasteiger partial charge < -0.3 is 15.2 Å². The molecule has 0 spiro atoms. The van der Waals surface area contributed by atoms with Crippen molar-refractivity contribution in [3.8, 4) is 5.75 Å².